The van der Waals surface area contributed by atoms with E-state index in [1.807, 2.05) is 19.9 Å². The third-order valence-corrected chi connectivity index (χ3v) is 2.15. The molecule has 0 heterocycles. The molecule has 0 fully saturated rings. The molecule has 0 saturated heterocycles. The van der Waals surface area contributed by atoms with E-state index in [1.54, 1.807) is 0 Å². The molecule has 1 aliphatic carbocycles. The van der Waals surface area contributed by atoms with Gasteiger partial charge in [0.05, 0.1) is 5.03 Å². The summed E-state index contributed by atoms with van der Waals surface area (Å²) in [4.78, 5) is 0. The van der Waals surface area contributed by atoms with Crippen LogP contribution in [0.1, 0.15) is 20.3 Å². The molecule has 0 bridgehead atoms. The van der Waals surface area contributed by atoms with E-state index in [9.17, 15) is 4.39 Å². The Morgan fingerprint density at radius 2 is 2.20 bits per heavy atom. The van der Waals surface area contributed by atoms with Crippen LogP contribution in [0.5, 0.6) is 0 Å². The molecule has 1 aliphatic rings. The van der Waals surface area contributed by atoms with Gasteiger partial charge in [0.15, 0.2) is 0 Å². The SMILES string of the molecule is CC1=CC(C)=C(Cl)C(F)C1. The van der Waals surface area contributed by atoms with Crippen molar-refractivity contribution in [1.29, 1.82) is 0 Å². The van der Waals surface area contributed by atoms with Crippen molar-refractivity contribution in [2.45, 2.75) is 26.4 Å². The second-order valence-corrected chi connectivity index (χ2v) is 3.10. The molecule has 0 N–H and O–H groups in total. The van der Waals surface area contributed by atoms with Gasteiger partial charge in [0.2, 0.25) is 0 Å². The fraction of sp³-hybridized carbons (Fsp3) is 0.500. The van der Waals surface area contributed by atoms with Crippen molar-refractivity contribution in [2.24, 2.45) is 0 Å². The van der Waals surface area contributed by atoms with Crippen LogP contribution in [0.25, 0.3) is 0 Å². The van der Waals surface area contributed by atoms with Crippen molar-refractivity contribution >= 4 is 11.6 Å². The lowest BCUT2D eigenvalue weighted by molar-refractivity contribution is 0.386. The maximum absolute atomic E-state index is 12.8. The Balaban J connectivity index is 2.92. The van der Waals surface area contributed by atoms with Crippen LogP contribution >= 0.6 is 11.6 Å². The van der Waals surface area contributed by atoms with E-state index in [4.69, 9.17) is 11.6 Å². The van der Waals surface area contributed by atoms with Gasteiger partial charge < -0.3 is 0 Å². The summed E-state index contributed by atoms with van der Waals surface area (Å²) in [5, 5.41) is 0.366. The van der Waals surface area contributed by atoms with Crippen molar-refractivity contribution in [1.82, 2.24) is 0 Å². The molecular weight excluding hydrogens is 151 g/mol. The van der Waals surface area contributed by atoms with E-state index in [-0.39, 0.29) is 0 Å². The molecule has 0 nitrogen and oxygen atoms in total. The Kier molecular flexibility index (Phi) is 2.14. The van der Waals surface area contributed by atoms with E-state index >= 15 is 0 Å². The minimum atomic E-state index is -0.966. The molecule has 1 unspecified atom stereocenters. The van der Waals surface area contributed by atoms with Crippen LogP contribution < -0.4 is 0 Å². The highest BCUT2D eigenvalue weighted by Gasteiger charge is 2.17. The van der Waals surface area contributed by atoms with Crippen molar-refractivity contribution in [3.8, 4) is 0 Å². The van der Waals surface area contributed by atoms with E-state index in [2.05, 4.69) is 0 Å². The lowest BCUT2D eigenvalue weighted by Gasteiger charge is -2.14. The van der Waals surface area contributed by atoms with E-state index in [1.165, 1.54) is 0 Å². The summed E-state index contributed by atoms with van der Waals surface area (Å²) in [6, 6.07) is 0. The molecular formula is C8H10ClF. The second kappa shape index (κ2) is 2.75. The smallest absolute Gasteiger partial charge is 0.139 e. The largest absolute Gasteiger partial charge is 0.241 e. The number of hydrogen-bond acceptors (Lipinski definition) is 0. The van der Waals surface area contributed by atoms with Gasteiger partial charge in [-0.1, -0.05) is 23.3 Å². The molecule has 0 aromatic carbocycles. The Morgan fingerprint density at radius 3 is 2.70 bits per heavy atom. The molecule has 0 amide bonds. The zero-order chi connectivity index (χ0) is 7.72. The Morgan fingerprint density at radius 1 is 1.60 bits per heavy atom. The Hall–Kier alpha value is -0.300. The third-order valence-electron chi connectivity index (χ3n) is 1.62. The quantitative estimate of drug-likeness (QED) is 0.511. The van der Waals surface area contributed by atoms with Crippen molar-refractivity contribution in [2.75, 3.05) is 0 Å². The average Bonchev–Trinajstić information content (AvgIpc) is 1.82. The topological polar surface area (TPSA) is 0 Å². The standard InChI is InChI=1S/C8H10ClF/c1-5-3-6(2)8(9)7(10)4-5/h3,7H,4H2,1-2H3. The minimum Gasteiger partial charge on any atom is -0.241 e. The molecule has 0 saturated carbocycles. The summed E-state index contributed by atoms with van der Waals surface area (Å²) in [6.07, 6.45) is 1.42. The molecule has 0 spiro atoms. The van der Waals surface area contributed by atoms with Gasteiger partial charge in [-0.05, 0) is 19.4 Å². The number of allylic oxidation sites excluding steroid dienone is 4. The predicted octanol–water partition coefficient (Wildman–Crippen LogP) is 3.19. The zero-order valence-corrected chi connectivity index (χ0v) is 6.87. The molecule has 0 aromatic heterocycles. The number of rotatable bonds is 0. The monoisotopic (exact) mass is 160 g/mol. The predicted molar refractivity (Wildman–Crippen MR) is 41.8 cm³/mol. The van der Waals surface area contributed by atoms with Gasteiger partial charge in [0, 0.05) is 6.42 Å². The first-order valence-corrected chi connectivity index (χ1v) is 3.66. The summed E-state index contributed by atoms with van der Waals surface area (Å²) in [6.45, 7) is 3.75. The number of hydrogen-bond donors (Lipinski definition) is 0. The van der Waals surface area contributed by atoms with Gasteiger partial charge in [0.25, 0.3) is 0 Å². The van der Waals surface area contributed by atoms with E-state index < -0.39 is 6.17 Å². The third kappa shape index (κ3) is 1.40. The van der Waals surface area contributed by atoms with E-state index in [0.717, 1.165) is 11.1 Å². The minimum absolute atomic E-state index is 0.366. The van der Waals surface area contributed by atoms with E-state index in [0.29, 0.717) is 11.5 Å². The van der Waals surface area contributed by atoms with Crippen LogP contribution in [0.3, 0.4) is 0 Å². The first-order valence-electron chi connectivity index (χ1n) is 3.29. The highest BCUT2D eigenvalue weighted by Crippen LogP contribution is 2.28. The molecule has 10 heavy (non-hydrogen) atoms. The van der Waals surface area contributed by atoms with Gasteiger partial charge in [-0.3, -0.25) is 0 Å². The fourth-order valence-electron chi connectivity index (χ4n) is 1.12. The van der Waals surface area contributed by atoms with Gasteiger partial charge >= 0.3 is 0 Å². The van der Waals surface area contributed by atoms with Gasteiger partial charge in [-0.25, -0.2) is 4.39 Å². The van der Waals surface area contributed by atoms with Crippen LogP contribution in [0.15, 0.2) is 22.3 Å². The number of halogens is 2. The average molecular weight is 161 g/mol. The van der Waals surface area contributed by atoms with Gasteiger partial charge in [-0.15, -0.1) is 0 Å². The summed E-state index contributed by atoms with van der Waals surface area (Å²) in [5.41, 5.74) is 1.92. The van der Waals surface area contributed by atoms with Crippen molar-refractivity contribution < 1.29 is 4.39 Å². The molecule has 2 heteroatoms. The maximum Gasteiger partial charge on any atom is 0.139 e. The molecule has 0 aromatic rings. The number of alkyl halides is 1. The van der Waals surface area contributed by atoms with Crippen LogP contribution in [0.4, 0.5) is 4.39 Å². The lowest BCUT2D eigenvalue weighted by Crippen LogP contribution is -2.06. The molecule has 56 valence electrons. The van der Waals surface area contributed by atoms with Crippen LogP contribution in [-0.2, 0) is 0 Å². The summed E-state index contributed by atoms with van der Waals surface area (Å²) in [5.74, 6) is 0. The molecule has 0 aliphatic heterocycles. The zero-order valence-electron chi connectivity index (χ0n) is 6.12. The normalized spacial score (nSPS) is 26.8. The van der Waals surface area contributed by atoms with Crippen LogP contribution in [0.2, 0.25) is 0 Å². The van der Waals surface area contributed by atoms with Crippen molar-refractivity contribution in [3.05, 3.63) is 22.3 Å². The van der Waals surface area contributed by atoms with Crippen LogP contribution in [0, 0.1) is 0 Å². The first-order chi connectivity index (χ1) is 4.61. The summed E-state index contributed by atoms with van der Waals surface area (Å²) >= 11 is 5.64. The van der Waals surface area contributed by atoms with Gasteiger partial charge in [-0.2, -0.15) is 0 Å². The fourth-order valence-corrected chi connectivity index (χ4v) is 1.25. The molecule has 0 radical (unpaired) electrons. The lowest BCUT2D eigenvalue weighted by atomic mass is 10.0. The highest BCUT2D eigenvalue weighted by molar-refractivity contribution is 6.30. The molecule has 1 atom stereocenters. The van der Waals surface area contributed by atoms with Gasteiger partial charge in [0.1, 0.15) is 6.17 Å². The van der Waals surface area contributed by atoms with Crippen LogP contribution in [-0.4, -0.2) is 6.17 Å². The summed E-state index contributed by atoms with van der Waals surface area (Å²) < 4.78 is 12.8. The van der Waals surface area contributed by atoms with Crippen molar-refractivity contribution in [3.63, 3.8) is 0 Å². The highest BCUT2D eigenvalue weighted by atomic mass is 35.5. The first kappa shape index (κ1) is 7.80. The summed E-state index contributed by atoms with van der Waals surface area (Å²) in [7, 11) is 0. The second-order valence-electron chi connectivity index (χ2n) is 2.69. The Labute approximate surface area is 65.4 Å². The maximum atomic E-state index is 12.8. The molecule has 1 rings (SSSR count). The Bertz CT molecular complexity index is 203.